The van der Waals surface area contributed by atoms with Gasteiger partial charge in [-0.3, -0.25) is 4.98 Å². The van der Waals surface area contributed by atoms with Crippen molar-refractivity contribution in [2.24, 2.45) is 0 Å². The van der Waals surface area contributed by atoms with E-state index in [2.05, 4.69) is 15.1 Å². The predicted molar refractivity (Wildman–Crippen MR) is 71.8 cm³/mol. The highest BCUT2D eigenvalue weighted by Crippen LogP contribution is 2.23. The number of fused-ring (bicyclic) bond motifs is 1. The highest BCUT2D eigenvalue weighted by atomic mass is 32.2. The second-order valence-corrected chi connectivity index (χ2v) is 7.25. The van der Waals surface area contributed by atoms with Gasteiger partial charge in [-0.05, 0) is 12.1 Å². The Labute approximate surface area is 113 Å². The second-order valence-electron chi connectivity index (χ2n) is 3.84. The monoisotopic (exact) mass is 294 g/mol. The van der Waals surface area contributed by atoms with Gasteiger partial charge in [0.1, 0.15) is 5.69 Å². The fourth-order valence-electron chi connectivity index (χ4n) is 1.57. The second kappa shape index (κ2) is 4.39. The van der Waals surface area contributed by atoms with E-state index in [-0.39, 0.29) is 10.1 Å². The minimum Gasteiger partial charge on any atom is -0.255 e. The number of pyridine rings is 1. The van der Waals surface area contributed by atoms with Crippen molar-refractivity contribution in [1.82, 2.24) is 19.6 Å². The molecule has 0 atom stereocenters. The Kier molecular flexibility index (Phi) is 2.83. The van der Waals surface area contributed by atoms with Gasteiger partial charge in [-0.1, -0.05) is 24.3 Å². The lowest BCUT2D eigenvalue weighted by atomic mass is 10.3. The molecule has 3 rings (SSSR count). The molecule has 0 aliphatic carbocycles. The lowest BCUT2D eigenvalue weighted by molar-refractivity contribution is 0.594. The first kappa shape index (κ1) is 12.2. The lowest BCUT2D eigenvalue weighted by Crippen LogP contribution is -2.03. The van der Waals surface area contributed by atoms with Crippen LogP contribution < -0.4 is 0 Å². The molecule has 98 valence electrons. The fraction of sp³-hybridized carbons (Fsp3) is 0.182. The molecule has 0 N–H and O–H groups in total. The zero-order valence-corrected chi connectivity index (χ0v) is 11.6. The van der Waals surface area contributed by atoms with Crippen LogP contribution in [0.2, 0.25) is 0 Å². The van der Waals surface area contributed by atoms with Gasteiger partial charge < -0.3 is 0 Å². The van der Waals surface area contributed by atoms with Crippen LogP contribution in [0.5, 0.6) is 0 Å². The highest BCUT2D eigenvalue weighted by Gasteiger charge is 2.19. The largest absolute Gasteiger partial charge is 0.255 e. The van der Waals surface area contributed by atoms with E-state index in [1.54, 1.807) is 19.3 Å². The Morgan fingerprint density at radius 1 is 1.32 bits per heavy atom. The summed E-state index contributed by atoms with van der Waals surface area (Å²) in [5.74, 6) is 0.0385. The third-order valence-electron chi connectivity index (χ3n) is 2.60. The van der Waals surface area contributed by atoms with E-state index in [9.17, 15) is 8.42 Å². The van der Waals surface area contributed by atoms with Gasteiger partial charge in [0.25, 0.3) is 0 Å². The number of nitrogens with zero attached hydrogens (tertiary/aromatic N) is 4. The topological polar surface area (TPSA) is 77.2 Å². The van der Waals surface area contributed by atoms with E-state index in [1.807, 2.05) is 18.2 Å². The molecule has 0 aliphatic heterocycles. The average molecular weight is 294 g/mol. The van der Waals surface area contributed by atoms with E-state index in [1.165, 1.54) is 4.52 Å². The molecule has 0 unspecified atom stereocenters. The molecule has 3 aromatic rings. The zero-order chi connectivity index (χ0) is 13.5. The summed E-state index contributed by atoms with van der Waals surface area (Å²) < 4.78 is 25.0. The summed E-state index contributed by atoms with van der Waals surface area (Å²) in [6.45, 7) is 1.60. The fourth-order valence-corrected chi connectivity index (χ4v) is 3.73. The summed E-state index contributed by atoms with van der Waals surface area (Å²) in [4.78, 5) is 9.09. The molecule has 0 spiro atoms. The molecule has 8 heteroatoms. The van der Waals surface area contributed by atoms with E-state index >= 15 is 0 Å². The van der Waals surface area contributed by atoms with Gasteiger partial charge in [0.2, 0.25) is 19.1 Å². The number of rotatable bonds is 3. The first-order valence-corrected chi connectivity index (χ1v) is 8.07. The number of sulfone groups is 1. The number of hydrogen-bond donors (Lipinski definition) is 0. The average Bonchev–Trinajstić information content (AvgIpc) is 2.98. The van der Waals surface area contributed by atoms with Gasteiger partial charge in [-0.15, -0.1) is 5.10 Å². The van der Waals surface area contributed by atoms with Crippen LogP contribution >= 0.6 is 11.3 Å². The van der Waals surface area contributed by atoms with Crippen LogP contribution in [0.15, 0.2) is 34.9 Å². The highest BCUT2D eigenvalue weighted by molar-refractivity contribution is 7.93. The molecule has 6 nitrogen and oxygen atoms in total. The molecule has 0 radical (unpaired) electrons. The minimum atomic E-state index is -3.28. The molecule has 0 amide bonds. The summed E-state index contributed by atoms with van der Waals surface area (Å²) in [6.07, 6.45) is 3.37. The van der Waals surface area contributed by atoms with Gasteiger partial charge in [0.05, 0.1) is 17.6 Å². The maximum absolute atomic E-state index is 11.7. The van der Waals surface area contributed by atoms with Crippen molar-refractivity contribution in [1.29, 1.82) is 0 Å². The van der Waals surface area contributed by atoms with Gasteiger partial charge in [-0.25, -0.2) is 17.9 Å². The Hall–Kier alpha value is -1.80. The van der Waals surface area contributed by atoms with Crippen molar-refractivity contribution in [3.8, 4) is 11.4 Å². The molecular formula is C11H10N4O2S2. The SMILES string of the molecule is CCS(=O)(=O)c1nn2cc(-c3ccccn3)nc2s1. The van der Waals surface area contributed by atoms with Gasteiger partial charge in [0.15, 0.2) is 0 Å². The summed E-state index contributed by atoms with van der Waals surface area (Å²) in [5.41, 5.74) is 1.42. The van der Waals surface area contributed by atoms with Gasteiger partial charge in [0, 0.05) is 6.20 Å². The molecule has 0 aliphatic rings. The number of hydrogen-bond acceptors (Lipinski definition) is 6. The van der Waals surface area contributed by atoms with Crippen molar-refractivity contribution in [2.75, 3.05) is 5.75 Å². The summed E-state index contributed by atoms with van der Waals surface area (Å²) >= 11 is 1.07. The Balaban J connectivity index is 2.08. The minimum absolute atomic E-state index is 0.0385. The van der Waals surface area contributed by atoms with Crippen molar-refractivity contribution in [2.45, 2.75) is 11.3 Å². The zero-order valence-electron chi connectivity index (χ0n) is 10.0. The molecule has 3 aromatic heterocycles. The number of aromatic nitrogens is 4. The number of imidazole rings is 1. The van der Waals surface area contributed by atoms with Crippen LogP contribution in [-0.2, 0) is 9.84 Å². The molecule has 19 heavy (non-hydrogen) atoms. The smallest absolute Gasteiger partial charge is 0.232 e. The maximum Gasteiger partial charge on any atom is 0.232 e. The van der Waals surface area contributed by atoms with Crippen LogP contribution in [0.1, 0.15) is 6.92 Å². The molecule has 0 aromatic carbocycles. The van der Waals surface area contributed by atoms with Crippen LogP contribution in [0, 0.1) is 0 Å². The first-order valence-electron chi connectivity index (χ1n) is 5.60. The summed E-state index contributed by atoms with van der Waals surface area (Å²) in [5, 5.41) is 4.06. The van der Waals surface area contributed by atoms with Gasteiger partial charge >= 0.3 is 0 Å². The summed E-state index contributed by atoms with van der Waals surface area (Å²) in [6, 6.07) is 5.54. The van der Waals surface area contributed by atoms with Crippen LogP contribution in [0.4, 0.5) is 0 Å². The standard InChI is InChI=1S/C11H10N4O2S2/c1-2-19(16,17)11-14-15-7-9(13-10(15)18-11)8-5-3-4-6-12-8/h3-7H,2H2,1H3. The van der Waals surface area contributed by atoms with Crippen molar-refractivity contribution < 1.29 is 8.42 Å². The molecule has 3 heterocycles. The maximum atomic E-state index is 11.7. The third-order valence-corrected chi connectivity index (χ3v) is 5.70. The molecule has 0 fully saturated rings. The quantitative estimate of drug-likeness (QED) is 0.734. The van der Waals surface area contributed by atoms with E-state index < -0.39 is 9.84 Å². The molecule has 0 bridgehead atoms. The first-order chi connectivity index (χ1) is 9.10. The summed E-state index contributed by atoms with van der Waals surface area (Å²) in [7, 11) is -3.28. The third kappa shape index (κ3) is 2.13. The van der Waals surface area contributed by atoms with Crippen molar-refractivity contribution in [3.05, 3.63) is 30.6 Å². The van der Waals surface area contributed by atoms with E-state index in [0.29, 0.717) is 10.7 Å². The van der Waals surface area contributed by atoms with Crippen molar-refractivity contribution in [3.63, 3.8) is 0 Å². The molecule has 0 saturated heterocycles. The predicted octanol–water partition coefficient (Wildman–Crippen LogP) is 1.65. The van der Waals surface area contributed by atoms with Crippen molar-refractivity contribution >= 4 is 26.1 Å². The van der Waals surface area contributed by atoms with E-state index in [4.69, 9.17) is 0 Å². The molecular weight excluding hydrogens is 284 g/mol. The Bertz CT molecular complexity index is 789. The van der Waals surface area contributed by atoms with Crippen LogP contribution in [0.3, 0.4) is 0 Å². The Morgan fingerprint density at radius 3 is 2.79 bits per heavy atom. The lowest BCUT2D eigenvalue weighted by Gasteiger charge is -1.93. The van der Waals surface area contributed by atoms with Crippen LogP contribution in [0.25, 0.3) is 16.3 Å². The van der Waals surface area contributed by atoms with E-state index in [0.717, 1.165) is 17.0 Å². The Morgan fingerprint density at radius 2 is 2.16 bits per heavy atom. The normalized spacial score (nSPS) is 12.1. The van der Waals surface area contributed by atoms with Crippen LogP contribution in [-0.4, -0.2) is 33.8 Å². The molecule has 0 saturated carbocycles. The van der Waals surface area contributed by atoms with Gasteiger partial charge in [-0.2, -0.15) is 0 Å².